The van der Waals surface area contributed by atoms with Crippen LogP contribution in [0.15, 0.2) is 30.5 Å². The van der Waals surface area contributed by atoms with Crippen LogP contribution in [0.25, 0.3) is 10.9 Å². The largest absolute Gasteiger partial charge is 0.497 e. The van der Waals surface area contributed by atoms with E-state index in [1.807, 2.05) is 18.3 Å². The van der Waals surface area contributed by atoms with Crippen LogP contribution in [0.5, 0.6) is 5.75 Å². The van der Waals surface area contributed by atoms with Crippen LogP contribution in [0, 0.1) is 11.8 Å². The Morgan fingerprint density at radius 1 is 1.06 bits per heavy atom. The molecule has 2 atom stereocenters. The van der Waals surface area contributed by atoms with Gasteiger partial charge in [0.05, 0.1) is 12.6 Å². The van der Waals surface area contributed by atoms with Crippen LogP contribution in [0.3, 0.4) is 0 Å². The molecule has 1 saturated heterocycles. The maximum atomic E-state index is 9.63. The van der Waals surface area contributed by atoms with E-state index in [2.05, 4.69) is 28.9 Å². The van der Waals surface area contributed by atoms with Crippen LogP contribution < -0.4 is 4.74 Å². The molecule has 1 aromatic carbocycles. The summed E-state index contributed by atoms with van der Waals surface area (Å²) in [7, 11) is 1.72. The molecule has 31 heavy (non-hydrogen) atoms. The predicted octanol–water partition coefficient (Wildman–Crippen LogP) is 5.86. The Morgan fingerprint density at radius 2 is 1.94 bits per heavy atom. The van der Waals surface area contributed by atoms with Gasteiger partial charge in [-0.3, -0.25) is 4.98 Å². The lowest BCUT2D eigenvalue weighted by atomic mass is 9.80. The highest BCUT2D eigenvalue weighted by molar-refractivity contribution is 5.83. The zero-order valence-corrected chi connectivity index (χ0v) is 19.7. The van der Waals surface area contributed by atoms with Crippen molar-refractivity contribution in [1.82, 2.24) is 9.88 Å². The fraction of sp³-hybridized carbons (Fsp3) is 0.667. The quantitative estimate of drug-likeness (QED) is 0.408. The molecule has 1 fully saturated rings. The number of hydrogen-bond acceptors (Lipinski definition) is 4. The molecule has 0 saturated carbocycles. The minimum absolute atomic E-state index is 0.320. The first-order chi connectivity index (χ1) is 15.2. The van der Waals surface area contributed by atoms with Crippen LogP contribution in [0.2, 0.25) is 0 Å². The molecular formula is C27H42N2O2. The first kappa shape index (κ1) is 24.0. The van der Waals surface area contributed by atoms with Gasteiger partial charge >= 0.3 is 0 Å². The highest BCUT2D eigenvalue weighted by Crippen LogP contribution is 2.31. The highest BCUT2D eigenvalue weighted by atomic mass is 16.5. The van der Waals surface area contributed by atoms with E-state index >= 15 is 0 Å². The zero-order chi connectivity index (χ0) is 21.9. The van der Waals surface area contributed by atoms with E-state index in [0.717, 1.165) is 30.0 Å². The van der Waals surface area contributed by atoms with Gasteiger partial charge in [-0.15, -0.1) is 0 Å². The topological polar surface area (TPSA) is 45.6 Å². The molecule has 2 heterocycles. The molecule has 1 aliphatic rings. The van der Waals surface area contributed by atoms with Gasteiger partial charge in [-0.25, -0.2) is 0 Å². The fourth-order valence-electron chi connectivity index (χ4n) is 5.25. The lowest BCUT2D eigenvalue weighted by Gasteiger charge is -2.39. The summed E-state index contributed by atoms with van der Waals surface area (Å²) in [5, 5.41) is 10.8. The van der Waals surface area contributed by atoms with Gasteiger partial charge in [0.15, 0.2) is 0 Å². The normalized spacial score (nSPS) is 19.7. The highest BCUT2D eigenvalue weighted by Gasteiger charge is 2.28. The van der Waals surface area contributed by atoms with Gasteiger partial charge in [0, 0.05) is 24.7 Å². The number of fused-ring (bicyclic) bond motifs is 1. The van der Waals surface area contributed by atoms with Crippen LogP contribution in [-0.2, 0) is 6.42 Å². The second-order valence-corrected chi connectivity index (χ2v) is 9.28. The number of hydrogen-bond donors (Lipinski definition) is 1. The molecule has 0 bridgehead atoms. The Kier molecular flexibility index (Phi) is 10.1. The third kappa shape index (κ3) is 7.18. The van der Waals surface area contributed by atoms with Gasteiger partial charge in [-0.05, 0) is 93.3 Å². The van der Waals surface area contributed by atoms with Gasteiger partial charge in [0.2, 0.25) is 0 Å². The SMILES string of the molecule is CCCCCCCN1CC[C@@H](CCCc2ccnc3ccc(OC)cc23)[C@@H](CCO)C1. The Hall–Kier alpha value is -1.65. The van der Waals surface area contributed by atoms with E-state index < -0.39 is 0 Å². The number of aryl methyl sites for hydroxylation is 1. The zero-order valence-electron chi connectivity index (χ0n) is 19.7. The van der Waals surface area contributed by atoms with Crippen LogP contribution in [0.1, 0.15) is 70.3 Å². The summed E-state index contributed by atoms with van der Waals surface area (Å²) in [5.41, 5.74) is 2.41. The van der Waals surface area contributed by atoms with Crippen molar-refractivity contribution in [2.45, 2.75) is 71.1 Å². The standard InChI is InChI=1S/C27H42N2O2/c1-3-4-5-6-7-17-29-18-14-22(24(21-29)15-19-30)9-8-10-23-13-16-28-27-12-11-25(31-2)20-26(23)27/h11-13,16,20,22,24,30H,3-10,14-15,17-19,21H2,1-2H3/t22-,24+/m1/s1. The molecule has 0 radical (unpaired) electrons. The summed E-state index contributed by atoms with van der Waals surface area (Å²) >= 11 is 0. The third-order valence-electron chi connectivity index (χ3n) is 7.11. The number of rotatable bonds is 13. The summed E-state index contributed by atoms with van der Waals surface area (Å²) in [6.07, 6.45) is 14.4. The van der Waals surface area contributed by atoms with Crippen molar-refractivity contribution < 1.29 is 9.84 Å². The predicted molar refractivity (Wildman–Crippen MR) is 130 cm³/mol. The van der Waals surface area contributed by atoms with Gasteiger partial charge < -0.3 is 14.7 Å². The molecule has 0 spiro atoms. The van der Waals surface area contributed by atoms with E-state index in [1.165, 1.54) is 82.0 Å². The molecule has 1 aliphatic heterocycles. The molecule has 4 nitrogen and oxygen atoms in total. The summed E-state index contributed by atoms with van der Waals surface area (Å²) in [6.45, 7) is 6.24. The number of unbranched alkanes of at least 4 members (excludes halogenated alkanes) is 4. The maximum absolute atomic E-state index is 9.63. The van der Waals surface area contributed by atoms with Crippen LogP contribution >= 0.6 is 0 Å². The van der Waals surface area contributed by atoms with Gasteiger partial charge in [-0.1, -0.05) is 32.6 Å². The third-order valence-corrected chi connectivity index (χ3v) is 7.11. The number of piperidine rings is 1. The molecule has 2 aromatic rings. The van der Waals surface area contributed by atoms with Crippen molar-refractivity contribution in [3.8, 4) is 5.75 Å². The Bertz CT molecular complexity index is 779. The van der Waals surface area contributed by atoms with Crippen molar-refractivity contribution >= 4 is 10.9 Å². The number of nitrogens with zero attached hydrogens (tertiary/aromatic N) is 2. The summed E-state index contributed by atoms with van der Waals surface area (Å²) in [4.78, 5) is 7.17. The van der Waals surface area contributed by atoms with Crippen molar-refractivity contribution in [3.05, 3.63) is 36.0 Å². The van der Waals surface area contributed by atoms with Crippen molar-refractivity contribution in [2.24, 2.45) is 11.8 Å². The number of likely N-dealkylation sites (tertiary alicyclic amines) is 1. The maximum Gasteiger partial charge on any atom is 0.119 e. The molecule has 0 aliphatic carbocycles. The molecule has 0 amide bonds. The molecule has 3 rings (SSSR count). The Morgan fingerprint density at radius 3 is 2.74 bits per heavy atom. The second kappa shape index (κ2) is 13.0. The van der Waals surface area contributed by atoms with Crippen molar-refractivity contribution in [2.75, 3.05) is 33.4 Å². The minimum atomic E-state index is 0.320. The lowest BCUT2D eigenvalue weighted by molar-refractivity contribution is 0.0903. The Balaban J connectivity index is 1.50. The number of methoxy groups -OCH3 is 1. The summed E-state index contributed by atoms with van der Waals surface area (Å²) in [6, 6.07) is 8.31. The van der Waals surface area contributed by atoms with E-state index in [4.69, 9.17) is 4.74 Å². The van der Waals surface area contributed by atoms with Crippen molar-refractivity contribution in [3.63, 3.8) is 0 Å². The molecule has 172 valence electrons. The number of ether oxygens (including phenoxy) is 1. The number of pyridine rings is 1. The number of aromatic nitrogens is 1. The van der Waals surface area contributed by atoms with E-state index in [-0.39, 0.29) is 0 Å². The summed E-state index contributed by atoms with van der Waals surface area (Å²) in [5.74, 6) is 2.28. The second-order valence-electron chi connectivity index (χ2n) is 9.28. The van der Waals surface area contributed by atoms with Crippen molar-refractivity contribution in [1.29, 1.82) is 0 Å². The molecule has 4 heteroatoms. The molecule has 0 unspecified atom stereocenters. The van der Waals surface area contributed by atoms with Crippen LogP contribution in [0.4, 0.5) is 0 Å². The molecule has 1 aromatic heterocycles. The molecule has 1 N–H and O–H groups in total. The number of benzene rings is 1. The van der Waals surface area contributed by atoms with E-state index in [0.29, 0.717) is 12.5 Å². The number of aliphatic hydroxyl groups excluding tert-OH is 1. The van der Waals surface area contributed by atoms with Gasteiger partial charge in [-0.2, -0.15) is 0 Å². The average Bonchev–Trinajstić information content (AvgIpc) is 2.80. The first-order valence-corrected chi connectivity index (χ1v) is 12.5. The molecular weight excluding hydrogens is 384 g/mol. The van der Waals surface area contributed by atoms with Gasteiger partial charge in [0.1, 0.15) is 5.75 Å². The number of aliphatic hydroxyl groups is 1. The first-order valence-electron chi connectivity index (χ1n) is 12.5. The fourth-order valence-corrected chi connectivity index (χ4v) is 5.25. The van der Waals surface area contributed by atoms with E-state index in [1.54, 1.807) is 7.11 Å². The van der Waals surface area contributed by atoms with Crippen LogP contribution in [-0.4, -0.2) is 48.3 Å². The monoisotopic (exact) mass is 426 g/mol. The summed E-state index contributed by atoms with van der Waals surface area (Å²) < 4.78 is 5.42. The smallest absolute Gasteiger partial charge is 0.119 e. The van der Waals surface area contributed by atoms with Gasteiger partial charge in [0.25, 0.3) is 0 Å². The van der Waals surface area contributed by atoms with E-state index in [9.17, 15) is 5.11 Å². The minimum Gasteiger partial charge on any atom is -0.497 e. The lowest BCUT2D eigenvalue weighted by Crippen LogP contribution is -2.41. The average molecular weight is 427 g/mol. The Labute approximate surface area is 189 Å².